The van der Waals surface area contributed by atoms with E-state index in [0.717, 1.165) is 6.42 Å². The summed E-state index contributed by atoms with van der Waals surface area (Å²) in [5.74, 6) is 0.897. The van der Waals surface area contributed by atoms with Crippen molar-refractivity contribution in [1.82, 2.24) is 19.5 Å². The topological polar surface area (TPSA) is 116 Å². The van der Waals surface area contributed by atoms with E-state index >= 15 is 0 Å². The van der Waals surface area contributed by atoms with Crippen LogP contribution >= 0.6 is 0 Å². The van der Waals surface area contributed by atoms with E-state index in [4.69, 9.17) is 10.2 Å². The fourth-order valence-corrected chi connectivity index (χ4v) is 3.16. The molecule has 0 fully saturated rings. The zero-order chi connectivity index (χ0) is 15.6. The van der Waals surface area contributed by atoms with Crippen LogP contribution in [0.3, 0.4) is 0 Å². The summed E-state index contributed by atoms with van der Waals surface area (Å²) >= 11 is 0. The lowest BCUT2D eigenvalue weighted by atomic mass is 10.4. The summed E-state index contributed by atoms with van der Waals surface area (Å²) in [5.41, 5.74) is 5.69. The molecule has 3 N–H and O–H groups in total. The number of nitrogen functional groups attached to an aromatic ring is 1. The van der Waals surface area contributed by atoms with Crippen LogP contribution in [0.15, 0.2) is 21.7 Å². The van der Waals surface area contributed by atoms with Crippen molar-refractivity contribution in [3.8, 4) is 0 Å². The zero-order valence-electron chi connectivity index (χ0n) is 12.2. The largest absolute Gasteiger partial charge is 0.444 e. The Morgan fingerprint density at radius 3 is 2.81 bits per heavy atom. The van der Waals surface area contributed by atoms with Crippen LogP contribution in [0.5, 0.6) is 0 Å². The normalized spacial score (nSPS) is 13.5. The number of anilines is 1. The van der Waals surface area contributed by atoms with Crippen LogP contribution in [0.1, 0.15) is 38.0 Å². The van der Waals surface area contributed by atoms with Gasteiger partial charge in [0.05, 0.1) is 12.2 Å². The summed E-state index contributed by atoms with van der Waals surface area (Å²) < 4.78 is 34.0. The van der Waals surface area contributed by atoms with Crippen LogP contribution in [0.25, 0.3) is 0 Å². The predicted octanol–water partition coefficient (Wildman–Crippen LogP) is 1.21. The predicted molar refractivity (Wildman–Crippen MR) is 76.9 cm³/mol. The molecular formula is C12H19N5O3S. The van der Waals surface area contributed by atoms with Gasteiger partial charge in [0.25, 0.3) is 0 Å². The SMILES string of the molecule is CCCn1cc(S(=O)(=O)NC(C)c2ncc(C)o2)c(N)n1. The zero-order valence-corrected chi connectivity index (χ0v) is 13.0. The van der Waals surface area contributed by atoms with Crippen molar-refractivity contribution in [2.24, 2.45) is 0 Å². The molecule has 1 unspecified atom stereocenters. The Balaban J connectivity index is 2.22. The number of rotatable bonds is 6. The Bertz CT molecular complexity index is 719. The molecule has 116 valence electrons. The fraction of sp³-hybridized carbons (Fsp3) is 0.500. The number of hydrogen-bond donors (Lipinski definition) is 2. The lowest BCUT2D eigenvalue weighted by molar-refractivity contribution is 0.428. The second-order valence-electron chi connectivity index (χ2n) is 4.79. The van der Waals surface area contributed by atoms with Gasteiger partial charge in [-0.05, 0) is 20.3 Å². The maximum atomic E-state index is 12.3. The highest BCUT2D eigenvalue weighted by atomic mass is 32.2. The van der Waals surface area contributed by atoms with Gasteiger partial charge in [-0.25, -0.2) is 13.4 Å². The average Bonchev–Trinajstić information content (AvgIpc) is 2.96. The molecule has 9 heteroatoms. The van der Waals surface area contributed by atoms with E-state index in [0.29, 0.717) is 18.2 Å². The van der Waals surface area contributed by atoms with Gasteiger partial charge < -0.3 is 10.2 Å². The molecule has 2 aromatic rings. The van der Waals surface area contributed by atoms with Crippen LogP contribution in [-0.2, 0) is 16.6 Å². The quantitative estimate of drug-likeness (QED) is 0.828. The highest BCUT2D eigenvalue weighted by molar-refractivity contribution is 7.89. The van der Waals surface area contributed by atoms with E-state index < -0.39 is 16.1 Å². The molecule has 1 atom stereocenters. The fourth-order valence-electron chi connectivity index (χ4n) is 1.89. The minimum Gasteiger partial charge on any atom is -0.444 e. The smallest absolute Gasteiger partial charge is 0.246 e. The number of sulfonamides is 1. The standard InChI is InChI=1S/C12H19N5O3S/c1-4-5-17-7-10(11(13)15-17)21(18,19)16-9(3)12-14-6-8(2)20-12/h6-7,9,16H,4-5H2,1-3H3,(H2,13,15). The van der Waals surface area contributed by atoms with Gasteiger partial charge in [0.2, 0.25) is 15.9 Å². The van der Waals surface area contributed by atoms with Crippen molar-refractivity contribution in [3.05, 3.63) is 24.0 Å². The van der Waals surface area contributed by atoms with Crippen LogP contribution in [0.4, 0.5) is 5.82 Å². The van der Waals surface area contributed by atoms with E-state index in [1.165, 1.54) is 17.1 Å². The molecule has 2 rings (SSSR count). The lowest BCUT2D eigenvalue weighted by Crippen LogP contribution is -2.27. The van der Waals surface area contributed by atoms with Crippen molar-refractivity contribution in [2.45, 2.75) is 44.7 Å². The highest BCUT2D eigenvalue weighted by Gasteiger charge is 2.25. The summed E-state index contributed by atoms with van der Waals surface area (Å²) in [6.07, 6.45) is 3.79. The number of hydrogen-bond acceptors (Lipinski definition) is 6. The molecule has 0 aliphatic rings. The number of nitrogens with one attached hydrogen (secondary N) is 1. The van der Waals surface area contributed by atoms with Gasteiger partial charge in [-0.3, -0.25) is 4.68 Å². The molecule has 0 saturated carbocycles. The van der Waals surface area contributed by atoms with Crippen LogP contribution in [0.2, 0.25) is 0 Å². The van der Waals surface area contributed by atoms with Crippen LogP contribution < -0.4 is 10.5 Å². The van der Waals surface area contributed by atoms with Crippen molar-refractivity contribution < 1.29 is 12.8 Å². The minimum atomic E-state index is -3.78. The van der Waals surface area contributed by atoms with Crippen LogP contribution in [0, 0.1) is 6.92 Å². The van der Waals surface area contributed by atoms with Gasteiger partial charge in [0.1, 0.15) is 10.7 Å². The molecule has 0 bridgehead atoms. The summed E-state index contributed by atoms with van der Waals surface area (Å²) in [6.45, 7) is 5.96. The van der Waals surface area contributed by atoms with E-state index in [-0.39, 0.29) is 10.7 Å². The highest BCUT2D eigenvalue weighted by Crippen LogP contribution is 2.20. The minimum absolute atomic E-state index is 0.0215. The lowest BCUT2D eigenvalue weighted by Gasteiger charge is -2.10. The van der Waals surface area contributed by atoms with Gasteiger partial charge >= 0.3 is 0 Å². The second-order valence-corrected chi connectivity index (χ2v) is 6.48. The van der Waals surface area contributed by atoms with E-state index in [1.54, 1.807) is 13.8 Å². The average molecular weight is 313 g/mol. The summed E-state index contributed by atoms with van der Waals surface area (Å²) in [6, 6.07) is -0.599. The Morgan fingerprint density at radius 2 is 2.24 bits per heavy atom. The van der Waals surface area contributed by atoms with Crippen molar-refractivity contribution in [2.75, 3.05) is 5.73 Å². The molecule has 8 nitrogen and oxygen atoms in total. The third-order valence-corrected chi connectivity index (χ3v) is 4.40. The van der Waals surface area contributed by atoms with Gasteiger partial charge in [-0.15, -0.1) is 0 Å². The van der Waals surface area contributed by atoms with Crippen LogP contribution in [-0.4, -0.2) is 23.2 Å². The summed E-state index contributed by atoms with van der Waals surface area (Å²) in [5, 5.41) is 3.99. The maximum Gasteiger partial charge on any atom is 0.246 e. The van der Waals surface area contributed by atoms with Gasteiger partial charge in [-0.2, -0.15) is 9.82 Å². The van der Waals surface area contributed by atoms with Gasteiger partial charge in [0.15, 0.2) is 5.82 Å². The van der Waals surface area contributed by atoms with E-state index in [9.17, 15) is 8.42 Å². The molecule has 0 spiro atoms. The first-order valence-corrected chi connectivity index (χ1v) is 8.09. The molecule has 2 aromatic heterocycles. The number of aromatic nitrogens is 3. The second kappa shape index (κ2) is 5.86. The molecule has 0 amide bonds. The van der Waals surface area contributed by atoms with E-state index in [2.05, 4.69) is 14.8 Å². The molecule has 21 heavy (non-hydrogen) atoms. The monoisotopic (exact) mass is 313 g/mol. The molecular weight excluding hydrogens is 294 g/mol. The van der Waals surface area contributed by atoms with Gasteiger partial charge in [0, 0.05) is 12.7 Å². The Kier molecular flexibility index (Phi) is 4.33. The molecule has 0 aliphatic heterocycles. The number of nitrogens with zero attached hydrogens (tertiary/aromatic N) is 3. The van der Waals surface area contributed by atoms with Crippen molar-refractivity contribution in [1.29, 1.82) is 0 Å². The first kappa shape index (κ1) is 15.5. The first-order chi connectivity index (χ1) is 9.83. The maximum absolute atomic E-state index is 12.3. The first-order valence-electron chi connectivity index (χ1n) is 6.61. The number of oxazole rings is 1. The molecule has 0 aromatic carbocycles. The van der Waals surface area contributed by atoms with E-state index in [1.807, 2.05) is 6.92 Å². The Labute approximate surface area is 123 Å². The molecule has 0 aliphatic carbocycles. The third kappa shape index (κ3) is 3.42. The van der Waals surface area contributed by atoms with Crippen molar-refractivity contribution >= 4 is 15.8 Å². The summed E-state index contributed by atoms with van der Waals surface area (Å²) in [7, 11) is -3.78. The Morgan fingerprint density at radius 1 is 1.52 bits per heavy atom. The third-order valence-electron chi connectivity index (χ3n) is 2.84. The molecule has 0 saturated heterocycles. The number of nitrogens with two attached hydrogens (primary N) is 1. The van der Waals surface area contributed by atoms with Gasteiger partial charge in [-0.1, -0.05) is 6.92 Å². The summed E-state index contributed by atoms with van der Waals surface area (Å²) in [4.78, 5) is 3.97. The molecule has 2 heterocycles. The Hall–Kier alpha value is -1.87. The van der Waals surface area contributed by atoms with Crippen molar-refractivity contribution in [3.63, 3.8) is 0 Å². The molecule has 0 radical (unpaired) electrons. The number of aryl methyl sites for hydroxylation is 2.